The van der Waals surface area contributed by atoms with Crippen LogP contribution in [-0.4, -0.2) is 47.6 Å². The number of nitrogens with zero attached hydrogens (tertiary/aromatic N) is 2. The molecule has 3 atom stereocenters. The van der Waals surface area contributed by atoms with E-state index in [9.17, 15) is 0 Å². The van der Waals surface area contributed by atoms with Gasteiger partial charge >= 0.3 is 0 Å². The highest BCUT2D eigenvalue weighted by Gasteiger charge is 2.47. The first-order valence-corrected chi connectivity index (χ1v) is 8.57. The van der Waals surface area contributed by atoms with Crippen molar-refractivity contribution in [2.24, 2.45) is 0 Å². The van der Waals surface area contributed by atoms with Crippen LogP contribution in [0.2, 0.25) is 0 Å². The lowest BCUT2D eigenvalue weighted by molar-refractivity contribution is 0.0300. The molecule has 2 heterocycles. The first-order valence-electron chi connectivity index (χ1n) is 8.57. The standard InChI is InChI=1S/C17H34N2/c1-5-7-9-11-17(3,10-8-6-2)19-14-15-12-16(19)13-18(15)4/h15-16H,5-14H2,1-4H3/t15-,16-,17?/m1/s1. The Hall–Kier alpha value is -0.0800. The fourth-order valence-electron chi connectivity index (χ4n) is 4.25. The molecule has 2 aliphatic heterocycles. The molecule has 112 valence electrons. The van der Waals surface area contributed by atoms with Gasteiger partial charge < -0.3 is 4.90 Å². The van der Waals surface area contributed by atoms with Gasteiger partial charge in [-0.3, -0.25) is 4.90 Å². The van der Waals surface area contributed by atoms with Gasteiger partial charge in [-0.15, -0.1) is 0 Å². The average molecular weight is 266 g/mol. The van der Waals surface area contributed by atoms with Gasteiger partial charge in [0.25, 0.3) is 0 Å². The van der Waals surface area contributed by atoms with Gasteiger partial charge in [0.05, 0.1) is 0 Å². The number of hydrogen-bond donors (Lipinski definition) is 0. The van der Waals surface area contributed by atoms with Crippen LogP contribution in [0.4, 0.5) is 0 Å². The molecule has 0 aromatic rings. The largest absolute Gasteiger partial charge is 0.301 e. The van der Waals surface area contributed by atoms with Gasteiger partial charge in [0.1, 0.15) is 0 Å². The zero-order valence-electron chi connectivity index (χ0n) is 13.6. The predicted octanol–water partition coefficient (Wildman–Crippen LogP) is 3.90. The van der Waals surface area contributed by atoms with E-state index in [0.29, 0.717) is 5.54 Å². The Morgan fingerprint density at radius 1 is 0.947 bits per heavy atom. The number of rotatable bonds is 8. The van der Waals surface area contributed by atoms with E-state index in [1.807, 2.05) is 0 Å². The second kappa shape index (κ2) is 6.58. The quantitative estimate of drug-likeness (QED) is 0.615. The van der Waals surface area contributed by atoms with Crippen LogP contribution in [0.1, 0.15) is 72.1 Å². The minimum Gasteiger partial charge on any atom is -0.301 e. The molecule has 2 nitrogen and oxygen atoms in total. The third-order valence-electron chi connectivity index (χ3n) is 5.60. The first-order chi connectivity index (χ1) is 9.10. The summed E-state index contributed by atoms with van der Waals surface area (Å²) >= 11 is 0. The molecule has 0 aromatic carbocycles. The smallest absolute Gasteiger partial charge is 0.0244 e. The van der Waals surface area contributed by atoms with Gasteiger partial charge in [0.2, 0.25) is 0 Å². The number of piperazine rings is 1. The highest BCUT2D eigenvalue weighted by atomic mass is 15.4. The van der Waals surface area contributed by atoms with Gasteiger partial charge in [-0.2, -0.15) is 0 Å². The van der Waals surface area contributed by atoms with E-state index in [1.165, 1.54) is 64.5 Å². The van der Waals surface area contributed by atoms with Crippen molar-refractivity contribution in [2.45, 2.75) is 89.8 Å². The van der Waals surface area contributed by atoms with Crippen molar-refractivity contribution in [1.82, 2.24) is 9.80 Å². The molecule has 0 amide bonds. The van der Waals surface area contributed by atoms with E-state index >= 15 is 0 Å². The van der Waals surface area contributed by atoms with Crippen molar-refractivity contribution in [3.05, 3.63) is 0 Å². The highest BCUT2D eigenvalue weighted by molar-refractivity contribution is 5.04. The van der Waals surface area contributed by atoms with Crippen molar-refractivity contribution in [1.29, 1.82) is 0 Å². The van der Waals surface area contributed by atoms with Gasteiger partial charge in [0, 0.05) is 30.7 Å². The van der Waals surface area contributed by atoms with E-state index in [4.69, 9.17) is 0 Å². The van der Waals surface area contributed by atoms with Crippen LogP contribution >= 0.6 is 0 Å². The molecule has 0 saturated carbocycles. The molecule has 2 saturated heterocycles. The van der Waals surface area contributed by atoms with Gasteiger partial charge in [0.15, 0.2) is 0 Å². The van der Waals surface area contributed by atoms with Gasteiger partial charge in [-0.05, 0) is 33.2 Å². The SMILES string of the molecule is CCCCCC(C)(CCCC)N1C[C@H]2C[C@@H]1CN2C. The topological polar surface area (TPSA) is 6.48 Å². The zero-order chi connectivity index (χ0) is 13.9. The lowest BCUT2D eigenvalue weighted by Gasteiger charge is -2.46. The molecule has 2 rings (SSSR count). The van der Waals surface area contributed by atoms with Crippen LogP contribution in [0.5, 0.6) is 0 Å². The van der Waals surface area contributed by atoms with E-state index in [-0.39, 0.29) is 0 Å². The van der Waals surface area contributed by atoms with Crippen molar-refractivity contribution < 1.29 is 0 Å². The Morgan fingerprint density at radius 2 is 1.63 bits per heavy atom. The van der Waals surface area contributed by atoms with Crippen molar-refractivity contribution in [3.8, 4) is 0 Å². The zero-order valence-corrected chi connectivity index (χ0v) is 13.6. The van der Waals surface area contributed by atoms with E-state index in [0.717, 1.165) is 12.1 Å². The maximum absolute atomic E-state index is 2.89. The normalized spacial score (nSPS) is 30.9. The lowest BCUT2D eigenvalue weighted by Crippen LogP contribution is -2.55. The summed E-state index contributed by atoms with van der Waals surface area (Å²) in [5.74, 6) is 0. The predicted molar refractivity (Wildman–Crippen MR) is 83.6 cm³/mol. The number of likely N-dealkylation sites (tertiary alicyclic amines) is 2. The molecule has 0 aliphatic carbocycles. The molecule has 0 N–H and O–H groups in total. The lowest BCUT2D eigenvalue weighted by atomic mass is 9.86. The van der Waals surface area contributed by atoms with Crippen molar-refractivity contribution in [2.75, 3.05) is 20.1 Å². The molecule has 2 bridgehead atoms. The maximum atomic E-state index is 2.89. The molecule has 0 aromatic heterocycles. The minimum absolute atomic E-state index is 0.478. The van der Waals surface area contributed by atoms with Gasteiger partial charge in [-0.1, -0.05) is 46.0 Å². The number of likely N-dealkylation sites (N-methyl/N-ethyl adjacent to an activating group) is 1. The summed E-state index contributed by atoms with van der Waals surface area (Å²) in [6, 6.07) is 1.69. The van der Waals surface area contributed by atoms with Crippen LogP contribution < -0.4 is 0 Å². The molecule has 0 radical (unpaired) electrons. The summed E-state index contributed by atoms with van der Waals surface area (Å²) in [5, 5.41) is 0. The summed E-state index contributed by atoms with van der Waals surface area (Å²) in [5.41, 5.74) is 0.478. The molecule has 2 fully saturated rings. The number of unbranched alkanes of at least 4 members (excludes halogenated alkanes) is 3. The molecular weight excluding hydrogens is 232 g/mol. The Balaban J connectivity index is 1.97. The fraction of sp³-hybridized carbons (Fsp3) is 1.00. The third kappa shape index (κ3) is 3.33. The third-order valence-corrected chi connectivity index (χ3v) is 5.60. The van der Waals surface area contributed by atoms with Crippen molar-refractivity contribution >= 4 is 0 Å². The Bertz CT molecular complexity index is 276. The van der Waals surface area contributed by atoms with Crippen molar-refractivity contribution in [3.63, 3.8) is 0 Å². The monoisotopic (exact) mass is 266 g/mol. The van der Waals surface area contributed by atoms with E-state index < -0.39 is 0 Å². The van der Waals surface area contributed by atoms with E-state index in [1.54, 1.807) is 0 Å². The molecule has 2 heteroatoms. The Kier molecular flexibility index (Phi) is 5.30. The molecular formula is C17H34N2. The van der Waals surface area contributed by atoms with E-state index in [2.05, 4.69) is 37.6 Å². The molecule has 1 unspecified atom stereocenters. The van der Waals surface area contributed by atoms with Crippen LogP contribution in [-0.2, 0) is 0 Å². The minimum atomic E-state index is 0.478. The van der Waals surface area contributed by atoms with Crippen LogP contribution in [0, 0.1) is 0 Å². The average Bonchev–Trinajstić information content (AvgIpc) is 2.96. The molecule has 0 spiro atoms. The van der Waals surface area contributed by atoms with Crippen LogP contribution in [0.25, 0.3) is 0 Å². The Labute approximate surface area is 120 Å². The summed E-state index contributed by atoms with van der Waals surface area (Å²) in [6.07, 6.45) is 11.1. The highest BCUT2D eigenvalue weighted by Crippen LogP contribution is 2.39. The van der Waals surface area contributed by atoms with Crippen LogP contribution in [0.3, 0.4) is 0 Å². The van der Waals surface area contributed by atoms with Gasteiger partial charge in [-0.25, -0.2) is 0 Å². The summed E-state index contributed by atoms with van der Waals surface area (Å²) in [7, 11) is 2.31. The first kappa shape index (κ1) is 15.3. The summed E-state index contributed by atoms with van der Waals surface area (Å²) in [4.78, 5) is 5.47. The molecule has 2 aliphatic rings. The summed E-state index contributed by atoms with van der Waals surface area (Å²) in [6.45, 7) is 9.83. The second-order valence-corrected chi connectivity index (χ2v) is 7.19. The Morgan fingerprint density at radius 3 is 2.16 bits per heavy atom. The number of hydrogen-bond acceptors (Lipinski definition) is 2. The van der Waals surface area contributed by atoms with Crippen LogP contribution in [0.15, 0.2) is 0 Å². The second-order valence-electron chi connectivity index (χ2n) is 7.19. The number of fused-ring (bicyclic) bond motifs is 2. The maximum Gasteiger partial charge on any atom is 0.0244 e. The fourth-order valence-corrected chi connectivity index (χ4v) is 4.25. The summed E-state index contributed by atoms with van der Waals surface area (Å²) < 4.78 is 0. The molecule has 19 heavy (non-hydrogen) atoms.